The van der Waals surface area contributed by atoms with Crippen molar-refractivity contribution in [2.45, 2.75) is 31.6 Å². The minimum atomic E-state index is -0.608. The topological polar surface area (TPSA) is 58.5 Å². The van der Waals surface area contributed by atoms with Crippen molar-refractivity contribution in [3.8, 4) is 0 Å². The van der Waals surface area contributed by atoms with E-state index in [4.69, 9.17) is 11.6 Å². The molecule has 0 bridgehead atoms. The fourth-order valence-corrected chi connectivity index (χ4v) is 2.64. The molecule has 1 atom stereocenters. The third-order valence-corrected chi connectivity index (χ3v) is 3.94. The normalized spacial score (nSPS) is 23.1. The number of benzene rings is 1. The first-order chi connectivity index (χ1) is 9.62. The van der Waals surface area contributed by atoms with Crippen LogP contribution in [-0.4, -0.2) is 23.9 Å². The van der Waals surface area contributed by atoms with E-state index in [0.717, 1.165) is 11.3 Å². The first-order valence-electron chi connectivity index (χ1n) is 6.65. The average molecular weight is 293 g/mol. The largest absolute Gasteiger partial charge is 0.296 e. The van der Waals surface area contributed by atoms with Crippen LogP contribution in [0.1, 0.15) is 31.7 Å². The summed E-state index contributed by atoms with van der Waals surface area (Å²) in [5, 5.41) is 2.44. The van der Waals surface area contributed by atoms with E-state index in [0.29, 0.717) is 25.1 Å². The first-order valence-corrected chi connectivity index (χ1v) is 7.19. The third kappa shape index (κ3) is 2.75. The molecule has 20 heavy (non-hydrogen) atoms. The number of carbonyl (C=O) groups excluding carboxylic acids is 2. The molecule has 2 rings (SSSR count). The maximum Gasteiger partial charge on any atom is 0.237 e. The lowest BCUT2D eigenvalue weighted by molar-refractivity contribution is -0.138. The number of nitrogens with zero attached hydrogens (tertiary/aromatic N) is 1. The summed E-state index contributed by atoms with van der Waals surface area (Å²) >= 11 is 5.55. The van der Waals surface area contributed by atoms with E-state index in [1.54, 1.807) is 6.21 Å². The number of hydrogen-bond donors (Lipinski definition) is 1. The van der Waals surface area contributed by atoms with Crippen molar-refractivity contribution in [2.75, 3.05) is 5.88 Å². The predicted molar refractivity (Wildman–Crippen MR) is 79.7 cm³/mol. The van der Waals surface area contributed by atoms with Gasteiger partial charge in [0.2, 0.25) is 11.8 Å². The van der Waals surface area contributed by atoms with E-state index in [1.807, 2.05) is 31.2 Å². The predicted octanol–water partition coefficient (Wildman–Crippen LogP) is 2.71. The smallest absolute Gasteiger partial charge is 0.237 e. The van der Waals surface area contributed by atoms with Crippen molar-refractivity contribution in [2.24, 2.45) is 4.99 Å². The highest BCUT2D eigenvalue weighted by Gasteiger charge is 2.42. The van der Waals surface area contributed by atoms with Gasteiger partial charge in [-0.1, -0.05) is 19.1 Å². The molecule has 1 aliphatic rings. The minimum Gasteiger partial charge on any atom is -0.296 e. The highest BCUT2D eigenvalue weighted by Crippen LogP contribution is 2.36. The summed E-state index contributed by atoms with van der Waals surface area (Å²) in [7, 11) is 0. The van der Waals surface area contributed by atoms with E-state index in [2.05, 4.69) is 10.3 Å². The number of alkyl halides is 1. The molecule has 1 heterocycles. The molecule has 0 aliphatic carbocycles. The quantitative estimate of drug-likeness (QED) is 0.527. The van der Waals surface area contributed by atoms with E-state index in [-0.39, 0.29) is 11.8 Å². The maximum atomic E-state index is 12.2. The number of hydrogen-bond acceptors (Lipinski definition) is 3. The van der Waals surface area contributed by atoms with E-state index in [1.165, 1.54) is 0 Å². The van der Waals surface area contributed by atoms with Crippen molar-refractivity contribution in [1.82, 2.24) is 5.32 Å². The Labute approximate surface area is 123 Å². The van der Waals surface area contributed by atoms with Crippen LogP contribution < -0.4 is 5.32 Å². The van der Waals surface area contributed by atoms with Gasteiger partial charge in [0.25, 0.3) is 0 Å². The average Bonchev–Trinajstić information content (AvgIpc) is 2.47. The third-order valence-electron chi connectivity index (χ3n) is 3.80. The summed E-state index contributed by atoms with van der Waals surface area (Å²) < 4.78 is 0. The summed E-state index contributed by atoms with van der Waals surface area (Å²) in [5.41, 5.74) is 1.12. The van der Waals surface area contributed by atoms with Gasteiger partial charge in [-0.05, 0) is 30.5 Å². The van der Waals surface area contributed by atoms with Gasteiger partial charge in [-0.15, -0.1) is 11.6 Å². The molecule has 0 radical (unpaired) electrons. The number of amides is 2. The Balaban J connectivity index is 2.30. The van der Waals surface area contributed by atoms with Gasteiger partial charge >= 0.3 is 0 Å². The fourth-order valence-electron chi connectivity index (χ4n) is 2.57. The number of carbonyl (C=O) groups is 2. The number of nitrogens with one attached hydrogen (secondary N) is 1. The molecule has 0 saturated carbocycles. The molecule has 106 valence electrons. The molecule has 1 saturated heterocycles. The summed E-state index contributed by atoms with van der Waals surface area (Å²) in [6, 6.07) is 7.53. The van der Waals surface area contributed by atoms with Gasteiger partial charge in [0.1, 0.15) is 0 Å². The summed E-state index contributed by atoms with van der Waals surface area (Å²) in [6.07, 6.45) is 3.22. The van der Waals surface area contributed by atoms with Crippen molar-refractivity contribution in [3.05, 3.63) is 29.8 Å². The molecule has 1 aliphatic heterocycles. The van der Waals surface area contributed by atoms with Crippen molar-refractivity contribution < 1.29 is 9.59 Å². The Morgan fingerprint density at radius 1 is 1.35 bits per heavy atom. The van der Waals surface area contributed by atoms with Gasteiger partial charge in [-0.3, -0.25) is 19.9 Å². The zero-order chi connectivity index (χ0) is 14.6. The van der Waals surface area contributed by atoms with Gasteiger partial charge < -0.3 is 0 Å². The maximum absolute atomic E-state index is 12.2. The molecule has 4 nitrogen and oxygen atoms in total. The summed E-state index contributed by atoms with van der Waals surface area (Å²) in [5.74, 6) is -0.0267. The lowest BCUT2D eigenvalue weighted by Crippen LogP contribution is -2.51. The minimum absolute atomic E-state index is 0.192. The Morgan fingerprint density at radius 2 is 2.05 bits per heavy atom. The van der Waals surface area contributed by atoms with Crippen LogP contribution in [0.3, 0.4) is 0 Å². The zero-order valence-corrected chi connectivity index (χ0v) is 12.1. The molecule has 1 fully saturated rings. The van der Waals surface area contributed by atoms with Crippen LogP contribution in [0.15, 0.2) is 29.3 Å². The van der Waals surface area contributed by atoms with Crippen molar-refractivity contribution >= 4 is 35.3 Å². The lowest BCUT2D eigenvalue weighted by atomic mass is 9.72. The van der Waals surface area contributed by atoms with Gasteiger partial charge in [0.05, 0.1) is 17.0 Å². The SMILES string of the molecule is CC[C@]1(c2ccc(N=CCCl)cc2)CCC(=O)NC1=O. The Kier molecular flexibility index (Phi) is 4.55. The monoisotopic (exact) mass is 292 g/mol. The first kappa shape index (κ1) is 14.7. The van der Waals surface area contributed by atoms with Crippen LogP contribution in [0.2, 0.25) is 0 Å². The van der Waals surface area contributed by atoms with Gasteiger partial charge in [0.15, 0.2) is 0 Å². The highest BCUT2D eigenvalue weighted by molar-refractivity contribution is 6.24. The molecule has 1 N–H and O–H groups in total. The second kappa shape index (κ2) is 6.18. The Hall–Kier alpha value is -1.68. The lowest BCUT2D eigenvalue weighted by Gasteiger charge is -2.34. The van der Waals surface area contributed by atoms with E-state index >= 15 is 0 Å². The van der Waals surface area contributed by atoms with Gasteiger partial charge in [-0.2, -0.15) is 0 Å². The summed E-state index contributed by atoms with van der Waals surface area (Å²) in [4.78, 5) is 27.7. The molecular formula is C15H17ClN2O2. The van der Waals surface area contributed by atoms with Crippen LogP contribution in [0.25, 0.3) is 0 Å². The van der Waals surface area contributed by atoms with Crippen LogP contribution >= 0.6 is 11.6 Å². The van der Waals surface area contributed by atoms with E-state index in [9.17, 15) is 9.59 Å². The van der Waals surface area contributed by atoms with Crippen LogP contribution in [0, 0.1) is 0 Å². The van der Waals surface area contributed by atoms with Crippen molar-refractivity contribution in [1.29, 1.82) is 0 Å². The second-order valence-corrected chi connectivity index (χ2v) is 5.13. The van der Waals surface area contributed by atoms with Gasteiger partial charge in [0, 0.05) is 12.6 Å². The standard InChI is InChI=1S/C15H17ClN2O2/c1-2-15(8-7-13(19)18-14(15)20)11-3-5-12(6-4-11)17-10-9-16/h3-6,10H,2,7-9H2,1H3,(H,18,19,20)/t15-/m1/s1. The van der Waals surface area contributed by atoms with Crippen molar-refractivity contribution in [3.63, 3.8) is 0 Å². The fraction of sp³-hybridized carbons (Fsp3) is 0.400. The summed E-state index contributed by atoms with van der Waals surface area (Å²) in [6.45, 7) is 1.97. The second-order valence-electron chi connectivity index (χ2n) is 4.83. The molecule has 5 heteroatoms. The molecular weight excluding hydrogens is 276 g/mol. The Bertz CT molecular complexity index is 539. The number of aliphatic imine (C=N–C) groups is 1. The zero-order valence-electron chi connectivity index (χ0n) is 11.4. The molecule has 1 aromatic rings. The molecule has 0 spiro atoms. The van der Waals surface area contributed by atoms with Gasteiger partial charge in [-0.25, -0.2) is 0 Å². The molecule has 0 aromatic heterocycles. The number of halogens is 1. The van der Waals surface area contributed by atoms with E-state index < -0.39 is 5.41 Å². The number of imide groups is 1. The number of rotatable bonds is 4. The molecule has 0 unspecified atom stereocenters. The van der Waals surface area contributed by atoms with Crippen LogP contribution in [-0.2, 0) is 15.0 Å². The molecule has 2 amide bonds. The van der Waals surface area contributed by atoms with Crippen LogP contribution in [0.5, 0.6) is 0 Å². The van der Waals surface area contributed by atoms with Crippen LogP contribution in [0.4, 0.5) is 5.69 Å². The number of piperidine rings is 1. The molecule has 1 aromatic carbocycles. The Morgan fingerprint density at radius 3 is 2.60 bits per heavy atom. The highest BCUT2D eigenvalue weighted by atomic mass is 35.5.